The molecule has 1 aromatic carbocycles. The zero-order valence-electron chi connectivity index (χ0n) is 17.2. The zero-order valence-corrected chi connectivity index (χ0v) is 18.0. The molecule has 0 bridgehead atoms. The third-order valence-electron chi connectivity index (χ3n) is 4.83. The number of ether oxygens (including phenoxy) is 2. The number of carbonyl (C=O) groups is 1. The number of rotatable bonds is 5. The summed E-state index contributed by atoms with van der Waals surface area (Å²) in [6, 6.07) is 5.84. The highest BCUT2D eigenvalue weighted by Gasteiger charge is 2.29. The average Bonchev–Trinajstić information content (AvgIpc) is 3.17. The van der Waals surface area contributed by atoms with Gasteiger partial charge in [0.15, 0.2) is 11.5 Å². The lowest BCUT2D eigenvalue weighted by Gasteiger charge is -2.31. The quantitative estimate of drug-likeness (QED) is 0.731. The van der Waals surface area contributed by atoms with Crippen LogP contribution in [0.2, 0.25) is 0 Å². The molecular weight excluding hydrogens is 376 g/mol. The molecule has 6 nitrogen and oxygen atoms in total. The van der Waals surface area contributed by atoms with Crippen LogP contribution in [0.15, 0.2) is 23.6 Å². The molecular formula is C21H28N2O4S. The highest BCUT2D eigenvalue weighted by Crippen LogP contribution is 2.36. The number of carbonyl (C=O) groups excluding carboxylic acids is 1. The Morgan fingerprint density at radius 2 is 1.82 bits per heavy atom. The summed E-state index contributed by atoms with van der Waals surface area (Å²) in [5.41, 5.74) is 1.47. The Balaban J connectivity index is 1.63. The summed E-state index contributed by atoms with van der Waals surface area (Å²) in [5.74, 6) is 1.61. The molecule has 152 valence electrons. The summed E-state index contributed by atoms with van der Waals surface area (Å²) in [5, 5.41) is 5.00. The van der Waals surface area contributed by atoms with Gasteiger partial charge in [0, 0.05) is 30.0 Å². The molecule has 0 atom stereocenters. The molecule has 1 saturated heterocycles. The number of methoxy groups -OCH3 is 2. The number of thiazole rings is 1. The molecule has 7 heteroatoms. The second kappa shape index (κ2) is 8.49. The minimum atomic E-state index is -0.486. The summed E-state index contributed by atoms with van der Waals surface area (Å²) in [6.07, 6.45) is 1.85. The fourth-order valence-electron chi connectivity index (χ4n) is 3.05. The van der Waals surface area contributed by atoms with E-state index in [2.05, 4.69) is 5.38 Å². The number of piperidine rings is 1. The largest absolute Gasteiger partial charge is 0.493 e. The van der Waals surface area contributed by atoms with Crippen LogP contribution in [0.1, 0.15) is 44.5 Å². The van der Waals surface area contributed by atoms with Crippen LogP contribution in [0.25, 0.3) is 11.3 Å². The first-order valence-corrected chi connectivity index (χ1v) is 10.3. The van der Waals surface area contributed by atoms with Crippen LogP contribution in [-0.2, 0) is 9.63 Å². The van der Waals surface area contributed by atoms with Gasteiger partial charge in [-0.3, -0.25) is 0 Å². The standard InChI is InChI=1S/C21H28N2O4S/c1-21(2,3)20(24)27-23-10-8-14(9-11-23)19-22-16(13-28-19)15-6-7-17(25-4)18(12-15)26-5/h6-7,12-14H,8-11H2,1-5H3. The molecule has 0 radical (unpaired) electrons. The maximum atomic E-state index is 12.0. The number of nitrogens with zero attached hydrogens (tertiary/aromatic N) is 2. The first-order valence-electron chi connectivity index (χ1n) is 9.47. The van der Waals surface area contributed by atoms with Crippen LogP contribution in [0.4, 0.5) is 0 Å². The van der Waals surface area contributed by atoms with Crippen molar-refractivity contribution in [3.8, 4) is 22.8 Å². The van der Waals surface area contributed by atoms with E-state index in [-0.39, 0.29) is 5.97 Å². The normalized spacial score (nSPS) is 16.0. The monoisotopic (exact) mass is 404 g/mol. The number of aromatic nitrogens is 1. The summed E-state index contributed by atoms with van der Waals surface area (Å²) < 4.78 is 10.7. The van der Waals surface area contributed by atoms with Gasteiger partial charge in [0.2, 0.25) is 0 Å². The van der Waals surface area contributed by atoms with Crippen molar-refractivity contribution < 1.29 is 19.1 Å². The lowest BCUT2D eigenvalue weighted by atomic mass is 9.97. The Kier molecular flexibility index (Phi) is 6.25. The Morgan fingerprint density at radius 1 is 1.14 bits per heavy atom. The molecule has 1 aromatic heterocycles. The van der Waals surface area contributed by atoms with E-state index in [0.29, 0.717) is 17.4 Å². The Morgan fingerprint density at radius 3 is 2.43 bits per heavy atom. The van der Waals surface area contributed by atoms with Crippen molar-refractivity contribution in [1.29, 1.82) is 0 Å². The van der Waals surface area contributed by atoms with Gasteiger partial charge in [0.05, 0.1) is 30.3 Å². The third-order valence-corrected chi connectivity index (χ3v) is 5.84. The average molecular weight is 405 g/mol. The lowest BCUT2D eigenvalue weighted by Crippen LogP contribution is -2.38. The Labute approximate surface area is 170 Å². The van der Waals surface area contributed by atoms with E-state index in [0.717, 1.165) is 42.2 Å². The molecule has 2 aromatic rings. The molecule has 1 fully saturated rings. The highest BCUT2D eigenvalue weighted by molar-refractivity contribution is 7.10. The molecule has 3 rings (SSSR count). The maximum Gasteiger partial charge on any atom is 0.330 e. The van der Waals surface area contributed by atoms with E-state index in [1.165, 1.54) is 0 Å². The van der Waals surface area contributed by atoms with Crippen molar-refractivity contribution in [2.45, 2.75) is 39.5 Å². The topological polar surface area (TPSA) is 60.9 Å². The van der Waals surface area contributed by atoms with Crippen LogP contribution >= 0.6 is 11.3 Å². The van der Waals surface area contributed by atoms with Gasteiger partial charge in [-0.1, -0.05) is 0 Å². The van der Waals surface area contributed by atoms with Crippen LogP contribution in [-0.4, -0.2) is 43.3 Å². The van der Waals surface area contributed by atoms with E-state index in [4.69, 9.17) is 19.3 Å². The Hall–Kier alpha value is -2.12. The molecule has 0 saturated carbocycles. The number of hydroxylamine groups is 2. The minimum Gasteiger partial charge on any atom is -0.493 e. The lowest BCUT2D eigenvalue weighted by molar-refractivity contribution is -0.204. The van der Waals surface area contributed by atoms with Gasteiger partial charge < -0.3 is 14.3 Å². The molecule has 0 aliphatic carbocycles. The minimum absolute atomic E-state index is 0.184. The molecule has 1 aliphatic rings. The van der Waals surface area contributed by atoms with E-state index < -0.39 is 5.41 Å². The van der Waals surface area contributed by atoms with E-state index in [1.54, 1.807) is 30.6 Å². The summed E-state index contributed by atoms with van der Waals surface area (Å²) in [4.78, 5) is 22.4. The highest BCUT2D eigenvalue weighted by atomic mass is 32.1. The smallest absolute Gasteiger partial charge is 0.330 e. The fourth-order valence-corrected chi connectivity index (χ4v) is 4.05. The third kappa shape index (κ3) is 4.64. The predicted octanol–water partition coefficient (Wildman–Crippen LogP) is 4.51. The van der Waals surface area contributed by atoms with E-state index >= 15 is 0 Å². The summed E-state index contributed by atoms with van der Waals surface area (Å²) >= 11 is 1.68. The Bertz CT molecular complexity index is 820. The number of hydrogen-bond donors (Lipinski definition) is 0. The van der Waals surface area contributed by atoms with Gasteiger partial charge >= 0.3 is 5.97 Å². The van der Waals surface area contributed by atoms with Crippen LogP contribution in [0.5, 0.6) is 11.5 Å². The molecule has 28 heavy (non-hydrogen) atoms. The van der Waals surface area contributed by atoms with Gasteiger partial charge in [-0.15, -0.1) is 16.4 Å². The van der Waals surface area contributed by atoms with Crippen molar-refractivity contribution in [2.24, 2.45) is 5.41 Å². The molecule has 0 amide bonds. The van der Waals surface area contributed by atoms with Crippen molar-refractivity contribution in [2.75, 3.05) is 27.3 Å². The first-order chi connectivity index (χ1) is 13.3. The van der Waals surface area contributed by atoms with Crippen molar-refractivity contribution in [1.82, 2.24) is 10.0 Å². The van der Waals surface area contributed by atoms with E-state index in [1.807, 2.05) is 39.0 Å². The molecule has 1 aliphatic heterocycles. The van der Waals surface area contributed by atoms with Crippen LogP contribution in [0, 0.1) is 5.41 Å². The molecule has 0 unspecified atom stereocenters. The van der Waals surface area contributed by atoms with Gasteiger partial charge in [0.1, 0.15) is 0 Å². The second-order valence-electron chi connectivity index (χ2n) is 7.97. The summed E-state index contributed by atoms with van der Waals surface area (Å²) in [7, 11) is 3.26. The summed E-state index contributed by atoms with van der Waals surface area (Å²) in [6.45, 7) is 7.07. The molecule has 0 spiro atoms. The van der Waals surface area contributed by atoms with Crippen molar-refractivity contribution in [3.63, 3.8) is 0 Å². The van der Waals surface area contributed by atoms with Gasteiger partial charge in [-0.05, 0) is 51.8 Å². The van der Waals surface area contributed by atoms with E-state index in [9.17, 15) is 4.79 Å². The van der Waals surface area contributed by atoms with Crippen LogP contribution < -0.4 is 9.47 Å². The first kappa shape index (κ1) is 20.6. The number of benzene rings is 1. The van der Waals surface area contributed by atoms with Gasteiger partial charge in [-0.25, -0.2) is 9.78 Å². The van der Waals surface area contributed by atoms with Gasteiger partial charge in [-0.2, -0.15) is 0 Å². The molecule has 0 N–H and O–H groups in total. The van der Waals surface area contributed by atoms with Gasteiger partial charge in [0.25, 0.3) is 0 Å². The van der Waals surface area contributed by atoms with Crippen molar-refractivity contribution in [3.05, 3.63) is 28.6 Å². The fraction of sp³-hybridized carbons (Fsp3) is 0.524. The zero-order chi connectivity index (χ0) is 20.3. The predicted molar refractivity (Wildman–Crippen MR) is 110 cm³/mol. The SMILES string of the molecule is COc1ccc(-c2csc(C3CCN(OC(=O)C(C)(C)C)CC3)n2)cc1OC. The second-order valence-corrected chi connectivity index (χ2v) is 8.86. The number of hydrogen-bond acceptors (Lipinski definition) is 7. The van der Waals surface area contributed by atoms with Crippen LogP contribution in [0.3, 0.4) is 0 Å². The van der Waals surface area contributed by atoms with Crippen molar-refractivity contribution >= 4 is 17.3 Å². The maximum absolute atomic E-state index is 12.0. The molecule has 2 heterocycles.